The Kier molecular flexibility index (Phi) is 4.38. The third kappa shape index (κ3) is 3.07. The van der Waals surface area contributed by atoms with Crippen LogP contribution in [0.2, 0.25) is 0 Å². The number of benzene rings is 2. The van der Waals surface area contributed by atoms with E-state index in [4.69, 9.17) is 9.72 Å². The number of hydrogen-bond acceptors (Lipinski definition) is 4. The minimum absolute atomic E-state index is 0.191. The Hall–Kier alpha value is -2.43. The van der Waals surface area contributed by atoms with Crippen molar-refractivity contribution in [2.45, 2.75) is 43.1 Å². The average Bonchev–Trinajstić information content (AvgIpc) is 3.60. The smallest absolute Gasteiger partial charge is 0.115 e. The molecule has 1 N–H and O–H groups in total. The molecule has 31 heavy (non-hydrogen) atoms. The lowest BCUT2D eigenvalue weighted by Crippen LogP contribution is -2.67. The highest BCUT2D eigenvalue weighted by Crippen LogP contribution is 2.52. The van der Waals surface area contributed by atoms with E-state index in [0.717, 1.165) is 43.8 Å². The van der Waals surface area contributed by atoms with E-state index < -0.39 is 0 Å². The molecule has 2 atom stereocenters. The zero-order valence-corrected chi connectivity index (χ0v) is 18.2. The number of phenols is 1. The van der Waals surface area contributed by atoms with E-state index in [1.54, 1.807) is 6.07 Å². The van der Waals surface area contributed by atoms with Crippen molar-refractivity contribution in [2.24, 2.45) is 5.92 Å². The summed E-state index contributed by atoms with van der Waals surface area (Å²) in [7, 11) is 1.89. The van der Waals surface area contributed by atoms with Gasteiger partial charge in [-0.1, -0.05) is 30.3 Å². The third-order valence-corrected chi connectivity index (χ3v) is 8.05. The largest absolute Gasteiger partial charge is 0.508 e. The first-order valence-electron chi connectivity index (χ1n) is 11.6. The van der Waals surface area contributed by atoms with Crippen LogP contribution >= 0.6 is 0 Å². The zero-order valence-electron chi connectivity index (χ0n) is 18.2. The van der Waals surface area contributed by atoms with E-state index >= 15 is 0 Å². The fraction of sp³-hybridized carbons (Fsp3) is 0.444. The fourth-order valence-electron chi connectivity index (χ4n) is 6.21. The highest BCUT2D eigenvalue weighted by Gasteiger charge is 2.59. The van der Waals surface area contributed by atoms with Crippen LogP contribution in [0.25, 0.3) is 10.9 Å². The molecule has 2 aromatic carbocycles. The van der Waals surface area contributed by atoms with Crippen molar-refractivity contribution in [3.05, 3.63) is 71.4 Å². The molecular weight excluding hydrogens is 384 g/mol. The SMILES string of the molecule is CO[C@]12Cc3cc4ccccc4nc3C[C@]1(c1cccc(O)c1)CCN(CC1CC1)C2. The Morgan fingerprint density at radius 2 is 1.97 bits per heavy atom. The molecule has 1 saturated carbocycles. The first-order chi connectivity index (χ1) is 15.1. The van der Waals surface area contributed by atoms with Crippen molar-refractivity contribution in [2.75, 3.05) is 26.7 Å². The Bertz CT molecular complexity index is 1140. The fourth-order valence-corrected chi connectivity index (χ4v) is 6.21. The lowest BCUT2D eigenvalue weighted by Gasteiger charge is -2.58. The molecule has 1 aliphatic heterocycles. The molecule has 0 radical (unpaired) electrons. The molecule has 0 unspecified atom stereocenters. The first-order valence-corrected chi connectivity index (χ1v) is 11.6. The Morgan fingerprint density at radius 1 is 1.10 bits per heavy atom. The molecule has 2 heterocycles. The monoisotopic (exact) mass is 414 g/mol. The van der Waals surface area contributed by atoms with E-state index in [0.29, 0.717) is 5.75 Å². The van der Waals surface area contributed by atoms with Gasteiger partial charge in [0.1, 0.15) is 5.75 Å². The number of para-hydroxylation sites is 1. The molecule has 6 rings (SSSR count). The van der Waals surface area contributed by atoms with Gasteiger partial charge in [-0.2, -0.15) is 0 Å². The van der Waals surface area contributed by atoms with E-state index in [-0.39, 0.29) is 11.0 Å². The molecule has 2 fully saturated rings. The summed E-state index contributed by atoms with van der Waals surface area (Å²) < 4.78 is 6.53. The Labute approximate surface area is 183 Å². The van der Waals surface area contributed by atoms with Crippen LogP contribution in [0.3, 0.4) is 0 Å². The molecule has 1 aromatic heterocycles. The minimum Gasteiger partial charge on any atom is -0.508 e. The van der Waals surface area contributed by atoms with E-state index in [1.165, 1.54) is 41.6 Å². The predicted octanol–water partition coefficient (Wildman–Crippen LogP) is 4.48. The highest BCUT2D eigenvalue weighted by atomic mass is 16.5. The van der Waals surface area contributed by atoms with Crippen molar-refractivity contribution in [1.29, 1.82) is 0 Å². The van der Waals surface area contributed by atoms with Gasteiger partial charge in [0.15, 0.2) is 0 Å². The van der Waals surface area contributed by atoms with Gasteiger partial charge in [0.2, 0.25) is 0 Å². The van der Waals surface area contributed by atoms with Crippen molar-refractivity contribution >= 4 is 10.9 Å². The number of aromatic hydroxyl groups is 1. The summed E-state index contributed by atoms with van der Waals surface area (Å²) in [6.07, 6.45) is 5.46. The second-order valence-electron chi connectivity index (χ2n) is 9.90. The van der Waals surface area contributed by atoms with Gasteiger partial charge in [-0.05, 0) is 67.1 Å². The number of rotatable bonds is 4. The average molecular weight is 415 g/mol. The predicted molar refractivity (Wildman–Crippen MR) is 122 cm³/mol. The number of piperidine rings is 1. The van der Waals surface area contributed by atoms with Crippen LogP contribution in [0.1, 0.15) is 36.1 Å². The van der Waals surface area contributed by atoms with Crippen LogP contribution in [-0.2, 0) is 23.0 Å². The van der Waals surface area contributed by atoms with E-state index in [2.05, 4.69) is 41.3 Å². The lowest BCUT2D eigenvalue weighted by molar-refractivity contribution is -0.129. The standard InChI is InChI=1S/C27H30N2O2/c1-31-27-15-21-13-20-5-2-3-8-24(20)28-25(21)16-26(27,22-6-4-7-23(30)14-22)11-12-29(18-27)17-19-9-10-19/h2-8,13-14,19,30H,9-12,15-18H2,1H3/t26-,27-/m0/s1. The lowest BCUT2D eigenvalue weighted by atomic mass is 9.55. The second-order valence-corrected chi connectivity index (χ2v) is 9.90. The van der Waals surface area contributed by atoms with Crippen molar-refractivity contribution < 1.29 is 9.84 Å². The molecule has 3 aromatic rings. The summed E-state index contributed by atoms with van der Waals surface area (Å²) in [6, 6.07) is 18.6. The third-order valence-electron chi connectivity index (χ3n) is 8.05. The van der Waals surface area contributed by atoms with E-state index in [9.17, 15) is 5.11 Å². The molecule has 0 amide bonds. The number of ether oxygens (including phenoxy) is 1. The van der Waals surface area contributed by atoms with Gasteiger partial charge in [-0.3, -0.25) is 4.98 Å². The molecular formula is C27H30N2O2. The van der Waals surface area contributed by atoms with Gasteiger partial charge in [0, 0.05) is 49.5 Å². The Morgan fingerprint density at radius 3 is 2.77 bits per heavy atom. The maximum atomic E-state index is 10.3. The molecule has 0 bridgehead atoms. The topological polar surface area (TPSA) is 45.6 Å². The molecule has 1 saturated heterocycles. The van der Waals surface area contributed by atoms with Crippen LogP contribution in [0.4, 0.5) is 0 Å². The molecule has 4 heteroatoms. The second kappa shape index (κ2) is 7.04. The number of phenolic OH excluding ortho intramolecular Hbond substituents is 1. The maximum absolute atomic E-state index is 10.3. The van der Waals surface area contributed by atoms with Gasteiger partial charge in [-0.15, -0.1) is 0 Å². The number of likely N-dealkylation sites (tertiary alicyclic amines) is 1. The summed E-state index contributed by atoms with van der Waals surface area (Å²) in [5, 5.41) is 11.5. The van der Waals surface area contributed by atoms with Crippen LogP contribution in [0.15, 0.2) is 54.6 Å². The number of nitrogens with zero attached hydrogens (tertiary/aromatic N) is 2. The highest BCUT2D eigenvalue weighted by molar-refractivity contribution is 5.79. The van der Waals surface area contributed by atoms with Gasteiger partial charge in [-0.25, -0.2) is 0 Å². The minimum atomic E-state index is -0.328. The summed E-state index contributed by atoms with van der Waals surface area (Å²) in [5.41, 5.74) is 4.22. The summed E-state index contributed by atoms with van der Waals surface area (Å²) in [5.74, 6) is 1.19. The number of hydrogen-bond donors (Lipinski definition) is 1. The zero-order chi connectivity index (χ0) is 21.1. The maximum Gasteiger partial charge on any atom is 0.115 e. The molecule has 160 valence electrons. The van der Waals surface area contributed by atoms with Crippen LogP contribution in [0, 0.1) is 5.92 Å². The number of aromatic nitrogens is 1. The summed E-state index contributed by atoms with van der Waals surface area (Å²) >= 11 is 0. The van der Waals surface area contributed by atoms with Crippen LogP contribution in [0.5, 0.6) is 5.75 Å². The normalized spacial score (nSPS) is 28.3. The van der Waals surface area contributed by atoms with Gasteiger partial charge in [0.05, 0.1) is 11.1 Å². The van der Waals surface area contributed by atoms with Gasteiger partial charge >= 0.3 is 0 Å². The summed E-state index contributed by atoms with van der Waals surface area (Å²) in [6.45, 7) is 3.19. The van der Waals surface area contributed by atoms with Crippen LogP contribution in [-0.4, -0.2) is 47.3 Å². The molecule has 0 spiro atoms. The quantitative estimate of drug-likeness (QED) is 0.684. The molecule has 2 aliphatic carbocycles. The first kappa shape index (κ1) is 19.3. The van der Waals surface area contributed by atoms with E-state index in [1.807, 2.05) is 19.2 Å². The Balaban J connectivity index is 1.51. The number of fused-ring (bicyclic) bond motifs is 3. The summed E-state index contributed by atoms with van der Waals surface area (Å²) in [4.78, 5) is 7.74. The van der Waals surface area contributed by atoms with Gasteiger partial charge < -0.3 is 14.7 Å². The van der Waals surface area contributed by atoms with Crippen molar-refractivity contribution in [3.63, 3.8) is 0 Å². The molecule has 3 aliphatic rings. The molecule has 4 nitrogen and oxygen atoms in total. The van der Waals surface area contributed by atoms with Crippen LogP contribution < -0.4 is 0 Å². The number of pyridine rings is 1. The van der Waals surface area contributed by atoms with Gasteiger partial charge in [0.25, 0.3) is 0 Å². The van der Waals surface area contributed by atoms with Crippen molar-refractivity contribution in [3.8, 4) is 5.75 Å². The van der Waals surface area contributed by atoms with Crippen molar-refractivity contribution in [1.82, 2.24) is 9.88 Å². The number of methoxy groups -OCH3 is 1.